The predicted molar refractivity (Wildman–Crippen MR) is 71.3 cm³/mol. The van der Waals surface area contributed by atoms with E-state index in [4.69, 9.17) is 4.74 Å². The molecule has 0 radical (unpaired) electrons. The molecule has 0 heterocycles. The Labute approximate surface area is 110 Å². The third-order valence-electron chi connectivity index (χ3n) is 2.36. The van der Waals surface area contributed by atoms with Crippen LogP contribution in [0, 0.1) is 0 Å². The quantitative estimate of drug-likeness (QED) is 0.574. The second-order valence-corrected chi connectivity index (χ2v) is 6.51. The minimum atomic E-state index is -2.98. The number of esters is 1. The van der Waals surface area contributed by atoms with Gasteiger partial charge in [-0.2, -0.15) is 0 Å². The van der Waals surface area contributed by atoms with Gasteiger partial charge in [-0.25, -0.2) is 8.42 Å². The molecule has 0 saturated heterocycles. The van der Waals surface area contributed by atoms with E-state index in [2.05, 4.69) is 5.32 Å². The fraction of sp³-hybridized carbons (Fsp3) is 0.909. The van der Waals surface area contributed by atoms with Gasteiger partial charge < -0.3 is 15.0 Å². The third-order valence-corrected chi connectivity index (χ3v) is 3.28. The zero-order chi connectivity index (χ0) is 14.2. The molecule has 1 N–H and O–H groups in total. The lowest BCUT2D eigenvalue weighted by atomic mass is 10.2. The summed E-state index contributed by atoms with van der Waals surface area (Å²) < 4.78 is 27.1. The lowest BCUT2D eigenvalue weighted by Gasteiger charge is -2.23. The van der Waals surface area contributed by atoms with Gasteiger partial charge in [-0.05, 0) is 20.5 Å². The van der Waals surface area contributed by atoms with Gasteiger partial charge in [0.2, 0.25) is 0 Å². The first kappa shape index (κ1) is 17.3. The van der Waals surface area contributed by atoms with Crippen molar-refractivity contribution in [1.82, 2.24) is 10.2 Å². The average molecular weight is 280 g/mol. The number of hydrogen-bond donors (Lipinski definition) is 1. The highest BCUT2D eigenvalue weighted by atomic mass is 32.2. The monoisotopic (exact) mass is 280 g/mol. The molecule has 18 heavy (non-hydrogen) atoms. The van der Waals surface area contributed by atoms with Crippen LogP contribution in [-0.4, -0.2) is 70.6 Å². The highest BCUT2D eigenvalue weighted by molar-refractivity contribution is 7.90. The van der Waals surface area contributed by atoms with Crippen LogP contribution in [0.1, 0.15) is 13.8 Å². The smallest absolute Gasteiger partial charge is 0.324 e. The van der Waals surface area contributed by atoms with Gasteiger partial charge in [0, 0.05) is 19.3 Å². The lowest BCUT2D eigenvalue weighted by molar-refractivity contribution is -0.146. The number of nitrogens with one attached hydrogen (secondary N) is 1. The Kier molecular flexibility index (Phi) is 8.13. The first-order valence-electron chi connectivity index (χ1n) is 6.06. The molecule has 0 spiro atoms. The predicted octanol–water partition coefficient (Wildman–Crippen LogP) is -0.496. The maximum absolute atomic E-state index is 11.6. The second-order valence-electron chi connectivity index (χ2n) is 4.25. The lowest BCUT2D eigenvalue weighted by Crippen LogP contribution is -2.46. The Morgan fingerprint density at radius 2 is 2.00 bits per heavy atom. The maximum Gasteiger partial charge on any atom is 0.324 e. The summed E-state index contributed by atoms with van der Waals surface area (Å²) in [5, 5.41) is 3.03. The fourth-order valence-corrected chi connectivity index (χ4v) is 2.08. The van der Waals surface area contributed by atoms with Crippen LogP contribution >= 0.6 is 0 Å². The van der Waals surface area contributed by atoms with E-state index in [1.807, 2.05) is 11.8 Å². The van der Waals surface area contributed by atoms with Crippen LogP contribution in [0.3, 0.4) is 0 Å². The summed E-state index contributed by atoms with van der Waals surface area (Å²) in [5.41, 5.74) is 0. The van der Waals surface area contributed by atoms with Gasteiger partial charge in [0.05, 0.1) is 12.4 Å². The van der Waals surface area contributed by atoms with Crippen molar-refractivity contribution in [3.8, 4) is 0 Å². The number of hydrogen-bond acceptors (Lipinski definition) is 6. The van der Waals surface area contributed by atoms with E-state index >= 15 is 0 Å². The topological polar surface area (TPSA) is 75.7 Å². The number of ether oxygens (including phenoxy) is 1. The molecule has 0 amide bonds. The summed E-state index contributed by atoms with van der Waals surface area (Å²) in [4.78, 5) is 13.5. The Bertz CT molecular complexity index is 343. The molecule has 0 bridgehead atoms. The minimum absolute atomic E-state index is 0.0885. The highest BCUT2D eigenvalue weighted by Crippen LogP contribution is 1.95. The molecule has 0 fully saturated rings. The summed E-state index contributed by atoms with van der Waals surface area (Å²) >= 11 is 0. The Morgan fingerprint density at radius 3 is 2.44 bits per heavy atom. The number of nitrogens with zero attached hydrogens (tertiary/aromatic N) is 1. The SMILES string of the molecule is CCNC(CN(C)CCS(C)(=O)=O)C(=O)OCC. The number of carbonyl (C=O) groups excluding carboxylic acids is 1. The molecule has 1 atom stereocenters. The van der Waals surface area contributed by atoms with E-state index in [1.165, 1.54) is 6.26 Å². The zero-order valence-electron chi connectivity index (χ0n) is 11.6. The van der Waals surface area contributed by atoms with Crippen molar-refractivity contribution in [3.63, 3.8) is 0 Å². The van der Waals surface area contributed by atoms with Crippen LogP contribution in [0.25, 0.3) is 0 Å². The van der Waals surface area contributed by atoms with Crippen LogP contribution in [0.5, 0.6) is 0 Å². The number of likely N-dealkylation sites (N-methyl/N-ethyl adjacent to an activating group) is 2. The van der Waals surface area contributed by atoms with Crippen molar-refractivity contribution in [3.05, 3.63) is 0 Å². The Balaban J connectivity index is 4.26. The van der Waals surface area contributed by atoms with Crippen molar-refractivity contribution < 1.29 is 17.9 Å². The molecular weight excluding hydrogens is 256 g/mol. The van der Waals surface area contributed by atoms with Crippen molar-refractivity contribution in [1.29, 1.82) is 0 Å². The number of sulfone groups is 1. The normalized spacial score (nSPS) is 13.6. The van der Waals surface area contributed by atoms with E-state index in [0.717, 1.165) is 0 Å². The molecule has 0 rings (SSSR count). The molecule has 1 unspecified atom stereocenters. The highest BCUT2D eigenvalue weighted by Gasteiger charge is 2.20. The van der Waals surface area contributed by atoms with E-state index in [-0.39, 0.29) is 11.7 Å². The molecular formula is C11H24N2O4S. The molecule has 0 aliphatic carbocycles. The van der Waals surface area contributed by atoms with E-state index in [1.54, 1.807) is 14.0 Å². The molecule has 0 aliphatic rings. The van der Waals surface area contributed by atoms with Crippen molar-refractivity contribution in [2.45, 2.75) is 19.9 Å². The van der Waals surface area contributed by atoms with E-state index in [0.29, 0.717) is 26.2 Å². The van der Waals surface area contributed by atoms with Crippen LogP contribution < -0.4 is 5.32 Å². The molecule has 7 heteroatoms. The summed E-state index contributed by atoms with van der Waals surface area (Å²) in [7, 11) is -1.19. The molecule has 108 valence electrons. The molecule has 6 nitrogen and oxygen atoms in total. The minimum Gasteiger partial charge on any atom is -0.465 e. The zero-order valence-corrected chi connectivity index (χ0v) is 12.4. The van der Waals surface area contributed by atoms with Gasteiger partial charge in [0.15, 0.2) is 0 Å². The van der Waals surface area contributed by atoms with Crippen LogP contribution in [-0.2, 0) is 19.4 Å². The molecule has 0 saturated carbocycles. The van der Waals surface area contributed by atoms with Gasteiger partial charge in [-0.15, -0.1) is 0 Å². The Morgan fingerprint density at radius 1 is 1.39 bits per heavy atom. The standard InChI is InChI=1S/C11H24N2O4S/c1-5-12-10(11(14)17-6-2)9-13(3)7-8-18(4,15)16/h10,12H,5-9H2,1-4H3. The molecule has 0 aromatic carbocycles. The van der Waals surface area contributed by atoms with Gasteiger partial charge in [-0.1, -0.05) is 6.92 Å². The third kappa shape index (κ3) is 8.43. The second kappa shape index (κ2) is 8.44. The first-order chi connectivity index (χ1) is 8.30. The van der Waals surface area contributed by atoms with Crippen molar-refractivity contribution in [2.75, 3.05) is 45.3 Å². The van der Waals surface area contributed by atoms with Crippen molar-refractivity contribution >= 4 is 15.8 Å². The number of carbonyl (C=O) groups is 1. The first-order valence-corrected chi connectivity index (χ1v) is 8.12. The fourth-order valence-electron chi connectivity index (χ4n) is 1.44. The average Bonchev–Trinajstić information content (AvgIpc) is 2.25. The van der Waals surface area contributed by atoms with E-state index < -0.39 is 15.9 Å². The molecule has 0 aromatic rings. The molecule has 0 aliphatic heterocycles. The van der Waals surface area contributed by atoms with Crippen LogP contribution in [0.4, 0.5) is 0 Å². The van der Waals surface area contributed by atoms with Gasteiger partial charge in [0.25, 0.3) is 0 Å². The Hall–Kier alpha value is -0.660. The molecule has 0 aromatic heterocycles. The summed E-state index contributed by atoms with van der Waals surface area (Å²) in [5.74, 6) is -0.212. The van der Waals surface area contributed by atoms with E-state index in [9.17, 15) is 13.2 Å². The summed E-state index contributed by atoms with van der Waals surface area (Å²) in [6.07, 6.45) is 1.20. The van der Waals surface area contributed by atoms with Crippen LogP contribution in [0.2, 0.25) is 0 Å². The summed E-state index contributed by atoms with van der Waals surface area (Å²) in [6.45, 7) is 5.50. The summed E-state index contributed by atoms with van der Waals surface area (Å²) in [6, 6.07) is -0.417. The van der Waals surface area contributed by atoms with Gasteiger partial charge in [0.1, 0.15) is 15.9 Å². The largest absolute Gasteiger partial charge is 0.465 e. The maximum atomic E-state index is 11.6. The van der Waals surface area contributed by atoms with Crippen LogP contribution in [0.15, 0.2) is 0 Å². The van der Waals surface area contributed by atoms with Crippen molar-refractivity contribution in [2.24, 2.45) is 0 Å². The number of rotatable bonds is 9. The van der Waals surface area contributed by atoms with Gasteiger partial charge in [-0.3, -0.25) is 4.79 Å². The van der Waals surface area contributed by atoms with Gasteiger partial charge >= 0.3 is 5.97 Å².